The number of rotatable bonds is 3. The van der Waals surface area contributed by atoms with Crippen molar-refractivity contribution < 1.29 is 25.2 Å². The van der Waals surface area contributed by atoms with Crippen molar-refractivity contribution in [1.29, 1.82) is 0 Å². The Hall–Kier alpha value is -2.77. The van der Waals surface area contributed by atoms with Crippen LogP contribution in [0.1, 0.15) is 0 Å². The highest BCUT2D eigenvalue weighted by atomic mass is 16.6. The summed E-state index contributed by atoms with van der Waals surface area (Å²) in [6.45, 7) is -0.432. The van der Waals surface area contributed by atoms with E-state index in [1.165, 1.54) is 15.9 Å². The number of para-hydroxylation sites is 1. The zero-order valence-electron chi connectivity index (χ0n) is 14.4. The molecule has 1 aromatic carbocycles. The monoisotopic (exact) mass is 387 g/mol. The van der Waals surface area contributed by atoms with E-state index >= 15 is 0 Å². The average Bonchev–Trinajstić information content (AvgIpc) is 3.39. The molecule has 0 aliphatic carbocycles. The van der Waals surface area contributed by atoms with Crippen LogP contribution in [0, 0.1) is 0 Å². The van der Waals surface area contributed by atoms with E-state index in [-0.39, 0.29) is 18.2 Å². The third-order valence-corrected chi connectivity index (χ3v) is 5.07. The van der Waals surface area contributed by atoms with E-state index in [1.54, 1.807) is 24.3 Å². The molecule has 4 N–H and O–H groups in total. The van der Waals surface area contributed by atoms with Gasteiger partial charge in [0.25, 0.3) is 0 Å². The lowest BCUT2D eigenvalue weighted by molar-refractivity contribution is -0.0689. The summed E-state index contributed by atoms with van der Waals surface area (Å²) in [5, 5.41) is 49.0. The van der Waals surface area contributed by atoms with Gasteiger partial charge in [0.05, 0.1) is 12.1 Å². The minimum atomic E-state index is -1.97. The van der Waals surface area contributed by atoms with Crippen molar-refractivity contribution in [2.24, 2.45) is 15.0 Å². The molecular formula is C16H17N7O5. The van der Waals surface area contributed by atoms with Gasteiger partial charge in [0.1, 0.15) is 36.8 Å². The number of nitrogens with zero attached hydrogens (tertiary/aromatic N) is 7. The fourth-order valence-electron chi connectivity index (χ4n) is 3.63. The predicted octanol–water partition coefficient (Wildman–Crippen LogP) is -2.37. The van der Waals surface area contributed by atoms with E-state index in [0.717, 1.165) is 0 Å². The fourth-order valence-corrected chi connectivity index (χ4v) is 3.63. The normalized spacial score (nSPS) is 34.6. The van der Waals surface area contributed by atoms with Gasteiger partial charge in [-0.1, -0.05) is 17.3 Å². The zero-order valence-corrected chi connectivity index (χ0v) is 14.4. The Morgan fingerprint density at radius 2 is 2.04 bits per heavy atom. The number of benzene rings is 1. The number of hydrogen-bond acceptors (Lipinski definition) is 11. The predicted molar refractivity (Wildman–Crippen MR) is 95.5 cm³/mol. The van der Waals surface area contributed by atoms with Gasteiger partial charge >= 0.3 is 5.85 Å². The number of aliphatic hydroxyl groups is 4. The molecule has 12 nitrogen and oxygen atoms in total. The molecule has 0 saturated carbocycles. The van der Waals surface area contributed by atoms with Crippen LogP contribution in [0.15, 0.2) is 39.2 Å². The van der Waals surface area contributed by atoms with Crippen LogP contribution in [-0.4, -0.2) is 96.0 Å². The van der Waals surface area contributed by atoms with Crippen molar-refractivity contribution in [1.82, 2.24) is 19.9 Å². The quantitative estimate of drug-likeness (QED) is 0.454. The Bertz CT molecular complexity index is 1020. The molecule has 1 saturated heterocycles. The summed E-state index contributed by atoms with van der Waals surface area (Å²) in [6.07, 6.45) is -3.29. The Morgan fingerprint density at radius 1 is 1.21 bits per heavy atom. The molecule has 5 atom stereocenters. The number of aliphatic imine (C=N–C) groups is 3. The molecule has 1 aromatic heterocycles. The van der Waals surface area contributed by atoms with Crippen LogP contribution >= 0.6 is 0 Å². The molecule has 0 spiro atoms. The Kier molecular flexibility index (Phi) is 3.79. The average molecular weight is 387 g/mol. The maximum atomic E-state index is 11.3. The zero-order chi connectivity index (χ0) is 19.5. The Balaban J connectivity index is 1.51. The van der Waals surface area contributed by atoms with Gasteiger partial charge in [-0.2, -0.15) is 4.68 Å². The highest BCUT2D eigenvalue weighted by Gasteiger charge is 2.52. The van der Waals surface area contributed by atoms with Crippen LogP contribution in [0.4, 0.5) is 0 Å². The smallest absolute Gasteiger partial charge is 0.308 e. The van der Waals surface area contributed by atoms with Crippen molar-refractivity contribution >= 4 is 28.9 Å². The number of ether oxygens (including phenoxy) is 1. The molecule has 12 heteroatoms. The first kappa shape index (κ1) is 17.3. The highest BCUT2D eigenvalue weighted by molar-refractivity contribution is 6.46. The van der Waals surface area contributed by atoms with Gasteiger partial charge in [-0.05, 0) is 12.1 Å². The maximum absolute atomic E-state index is 11.3. The van der Waals surface area contributed by atoms with Gasteiger partial charge in [-0.15, -0.1) is 5.10 Å². The molecule has 0 bridgehead atoms. The second kappa shape index (κ2) is 6.12. The van der Waals surface area contributed by atoms with Crippen LogP contribution in [0.5, 0.6) is 0 Å². The van der Waals surface area contributed by atoms with Gasteiger partial charge < -0.3 is 30.1 Å². The molecule has 4 heterocycles. The van der Waals surface area contributed by atoms with E-state index in [2.05, 4.69) is 25.3 Å². The van der Waals surface area contributed by atoms with Crippen LogP contribution in [0.2, 0.25) is 0 Å². The first-order valence-corrected chi connectivity index (χ1v) is 8.64. The van der Waals surface area contributed by atoms with E-state index in [9.17, 15) is 20.4 Å². The number of fused-ring (bicyclic) bond motifs is 2. The number of amidine groups is 1. The van der Waals surface area contributed by atoms with Gasteiger partial charge in [-0.25, -0.2) is 9.98 Å². The Labute approximate surface area is 157 Å². The lowest BCUT2D eigenvalue weighted by atomic mass is 10.1. The van der Waals surface area contributed by atoms with Crippen LogP contribution in [0.3, 0.4) is 0 Å². The van der Waals surface area contributed by atoms with E-state index in [4.69, 9.17) is 4.74 Å². The largest absolute Gasteiger partial charge is 0.394 e. The number of aromatic nitrogens is 3. The number of hydrogen-bond donors (Lipinski definition) is 4. The van der Waals surface area contributed by atoms with Crippen molar-refractivity contribution in [3.8, 4) is 0 Å². The fraction of sp³-hybridized carbons (Fsp3) is 0.438. The molecule has 1 unspecified atom stereocenters. The number of aliphatic hydroxyl groups excluding tert-OH is 3. The molecule has 28 heavy (non-hydrogen) atoms. The minimum absolute atomic E-state index is 0.0130. The van der Waals surface area contributed by atoms with E-state index < -0.39 is 37.0 Å². The lowest BCUT2D eigenvalue weighted by Gasteiger charge is -2.31. The molecule has 3 aliphatic rings. The van der Waals surface area contributed by atoms with Crippen molar-refractivity contribution in [2.75, 3.05) is 13.3 Å². The molecule has 146 valence electrons. The summed E-state index contributed by atoms with van der Waals surface area (Å²) < 4.78 is 6.80. The molecule has 0 amide bonds. The molecular weight excluding hydrogens is 370 g/mol. The first-order chi connectivity index (χ1) is 13.5. The molecule has 1 fully saturated rings. The highest BCUT2D eigenvalue weighted by Crippen LogP contribution is 2.32. The summed E-state index contributed by atoms with van der Waals surface area (Å²) in [5.74, 6) is -1.74. The molecule has 3 aliphatic heterocycles. The third kappa shape index (κ3) is 2.26. The van der Waals surface area contributed by atoms with Crippen LogP contribution in [0.25, 0.3) is 11.0 Å². The van der Waals surface area contributed by atoms with E-state index in [1.807, 2.05) is 0 Å². The summed E-state index contributed by atoms with van der Waals surface area (Å²) >= 11 is 0. The van der Waals surface area contributed by atoms with Crippen molar-refractivity contribution in [3.63, 3.8) is 0 Å². The summed E-state index contributed by atoms with van der Waals surface area (Å²) in [4.78, 5) is 14.1. The SMILES string of the molecule is OC[C@H]1O[C@@H](N2CN=C3C2=NC=NC3(O)n2nnc3ccccc32)[C@H](O)[C@@H]1O. The second-order valence-corrected chi connectivity index (χ2v) is 6.67. The molecule has 5 rings (SSSR count). The van der Waals surface area contributed by atoms with Crippen molar-refractivity contribution in [3.05, 3.63) is 24.3 Å². The minimum Gasteiger partial charge on any atom is -0.394 e. The van der Waals surface area contributed by atoms with E-state index in [0.29, 0.717) is 11.0 Å². The summed E-state index contributed by atoms with van der Waals surface area (Å²) in [7, 11) is 0. The molecule has 0 radical (unpaired) electrons. The Morgan fingerprint density at radius 3 is 2.82 bits per heavy atom. The van der Waals surface area contributed by atoms with Crippen LogP contribution in [-0.2, 0) is 10.6 Å². The summed E-state index contributed by atoms with van der Waals surface area (Å²) in [6, 6.07) is 7.09. The van der Waals surface area contributed by atoms with Crippen LogP contribution < -0.4 is 0 Å². The molecule has 2 aromatic rings. The van der Waals surface area contributed by atoms with Crippen molar-refractivity contribution in [2.45, 2.75) is 30.4 Å². The van der Waals surface area contributed by atoms with Gasteiger partial charge in [0, 0.05) is 0 Å². The van der Waals surface area contributed by atoms with Gasteiger partial charge in [0.15, 0.2) is 17.8 Å². The topological polar surface area (TPSA) is 161 Å². The van der Waals surface area contributed by atoms with Gasteiger partial charge in [0.2, 0.25) is 0 Å². The maximum Gasteiger partial charge on any atom is 0.308 e. The van der Waals surface area contributed by atoms with Gasteiger partial charge in [-0.3, -0.25) is 4.99 Å². The lowest BCUT2D eigenvalue weighted by Crippen LogP contribution is -2.52. The standard InChI is InChI=1S/C16H17N7O5/c24-5-10-11(25)12(26)15(28-10)22-7-18-13-14(22)17-6-19-16(13,27)23-9-4-2-1-3-8(9)20-21-23/h1-4,6,10-12,15,24-27H,5,7H2/t10-,11-,12-,15-,16?/m1/s1. The summed E-state index contributed by atoms with van der Waals surface area (Å²) in [5.41, 5.74) is 1.25. The third-order valence-electron chi connectivity index (χ3n) is 5.07. The first-order valence-electron chi connectivity index (χ1n) is 8.64. The second-order valence-electron chi connectivity index (χ2n) is 6.67.